The Morgan fingerprint density at radius 3 is 1.95 bits per heavy atom. The molecule has 0 aliphatic carbocycles. The van der Waals surface area contributed by atoms with Gasteiger partial charge in [-0.3, -0.25) is 15.1 Å². The van der Waals surface area contributed by atoms with Gasteiger partial charge in [0.1, 0.15) is 5.75 Å². The highest BCUT2D eigenvalue weighted by molar-refractivity contribution is 7.99. The van der Waals surface area contributed by atoms with Gasteiger partial charge in [-0.15, -0.1) is 0 Å². The van der Waals surface area contributed by atoms with Crippen LogP contribution in [0.15, 0.2) is 124 Å². The highest BCUT2D eigenvalue weighted by Gasteiger charge is 2.18. The van der Waals surface area contributed by atoms with Gasteiger partial charge in [-0.25, -0.2) is 9.97 Å². The predicted octanol–water partition coefficient (Wildman–Crippen LogP) is 7.33. The normalized spacial score (nSPS) is 11.0. The van der Waals surface area contributed by atoms with Crippen LogP contribution in [0, 0.1) is 10.1 Å². The lowest BCUT2D eigenvalue weighted by Gasteiger charge is -2.09. The van der Waals surface area contributed by atoms with E-state index in [0.29, 0.717) is 21.3 Å². The molecule has 0 radical (unpaired) electrons. The smallest absolute Gasteiger partial charge is 0.283 e. The topological polar surface area (TPSA) is 102 Å². The van der Waals surface area contributed by atoms with Crippen LogP contribution in [0.25, 0.3) is 22.5 Å². The molecule has 1 heterocycles. The first-order valence-electron chi connectivity index (χ1n) is 11.3. The van der Waals surface area contributed by atoms with E-state index in [1.54, 1.807) is 30.5 Å². The maximum absolute atomic E-state index is 11.9. The van der Waals surface area contributed by atoms with Crippen molar-refractivity contribution in [3.05, 3.63) is 125 Å². The van der Waals surface area contributed by atoms with Crippen LogP contribution in [-0.4, -0.2) is 26.2 Å². The van der Waals surface area contributed by atoms with Gasteiger partial charge in [0.2, 0.25) is 0 Å². The predicted molar refractivity (Wildman–Crippen MR) is 145 cm³/mol. The second kappa shape index (κ2) is 10.8. The van der Waals surface area contributed by atoms with E-state index >= 15 is 0 Å². The molecular formula is C29H20N4O3S. The number of nitro benzene ring substituents is 1. The maximum atomic E-state index is 11.9. The third kappa shape index (κ3) is 5.88. The van der Waals surface area contributed by atoms with Crippen molar-refractivity contribution in [2.45, 2.75) is 10.1 Å². The molecule has 180 valence electrons. The minimum atomic E-state index is -0.417. The zero-order valence-electron chi connectivity index (χ0n) is 19.4. The molecular weight excluding hydrogens is 484 g/mol. The molecule has 0 fully saturated rings. The zero-order valence-corrected chi connectivity index (χ0v) is 20.2. The number of phenols is 1. The molecule has 1 N–H and O–H groups in total. The second-order valence-electron chi connectivity index (χ2n) is 8.01. The summed E-state index contributed by atoms with van der Waals surface area (Å²) in [6, 6.07) is 32.7. The molecule has 0 aliphatic heterocycles. The van der Waals surface area contributed by atoms with Crippen molar-refractivity contribution in [2.75, 3.05) is 0 Å². The molecule has 5 aromatic rings. The molecule has 0 spiro atoms. The monoisotopic (exact) mass is 504 g/mol. The summed E-state index contributed by atoms with van der Waals surface area (Å²) in [6.45, 7) is 0. The lowest BCUT2D eigenvalue weighted by atomic mass is 10.1. The molecule has 5 rings (SSSR count). The highest BCUT2D eigenvalue weighted by Crippen LogP contribution is 2.36. The van der Waals surface area contributed by atoms with Gasteiger partial charge in [-0.2, -0.15) is 0 Å². The van der Waals surface area contributed by atoms with Crippen molar-refractivity contribution in [1.29, 1.82) is 0 Å². The van der Waals surface area contributed by atoms with Crippen molar-refractivity contribution < 1.29 is 10.0 Å². The number of phenolic OH excluding ortho intramolecular Hbond substituents is 1. The Hall–Kier alpha value is -4.82. The Morgan fingerprint density at radius 1 is 0.784 bits per heavy atom. The number of nitrogens with zero attached hydrogens (tertiary/aromatic N) is 4. The number of aliphatic imine (C=N–C) groups is 1. The second-order valence-corrected chi connectivity index (χ2v) is 9.02. The molecule has 0 atom stereocenters. The Bertz CT molecular complexity index is 1520. The fraction of sp³-hybridized carbons (Fsp3) is 0. The summed E-state index contributed by atoms with van der Waals surface area (Å²) in [5.74, 6) is 0.143. The Kier molecular flexibility index (Phi) is 7.00. The first kappa shape index (κ1) is 23.9. The number of benzene rings is 4. The van der Waals surface area contributed by atoms with Crippen LogP contribution >= 0.6 is 11.8 Å². The van der Waals surface area contributed by atoms with Gasteiger partial charge in [-0.1, -0.05) is 66.7 Å². The van der Waals surface area contributed by atoms with E-state index in [0.717, 1.165) is 34.3 Å². The van der Waals surface area contributed by atoms with Gasteiger partial charge >= 0.3 is 0 Å². The molecule has 0 aliphatic rings. The third-order valence-electron chi connectivity index (χ3n) is 5.44. The van der Waals surface area contributed by atoms with Gasteiger partial charge < -0.3 is 5.11 Å². The van der Waals surface area contributed by atoms with Crippen LogP contribution in [-0.2, 0) is 0 Å². The summed E-state index contributed by atoms with van der Waals surface area (Å²) in [5, 5.41) is 21.8. The lowest BCUT2D eigenvalue weighted by Crippen LogP contribution is -1.97. The number of hydrogen-bond acceptors (Lipinski definition) is 7. The summed E-state index contributed by atoms with van der Waals surface area (Å²) in [4.78, 5) is 25.7. The Balaban J connectivity index is 1.50. The maximum Gasteiger partial charge on any atom is 0.283 e. The van der Waals surface area contributed by atoms with E-state index in [1.807, 2.05) is 66.7 Å². The minimum absolute atomic E-state index is 0.0605. The quantitative estimate of drug-likeness (QED) is 0.108. The van der Waals surface area contributed by atoms with Gasteiger partial charge in [0.25, 0.3) is 5.69 Å². The van der Waals surface area contributed by atoms with Crippen LogP contribution in [0.2, 0.25) is 0 Å². The lowest BCUT2D eigenvalue weighted by molar-refractivity contribution is -0.387. The number of aromatic nitrogens is 2. The molecule has 8 heteroatoms. The first-order valence-corrected chi connectivity index (χ1v) is 12.2. The van der Waals surface area contributed by atoms with Gasteiger partial charge in [-0.05, 0) is 53.7 Å². The summed E-state index contributed by atoms with van der Waals surface area (Å²) < 4.78 is 0. The Labute approximate surface area is 217 Å². The summed E-state index contributed by atoms with van der Waals surface area (Å²) in [7, 11) is 0. The molecule has 0 bridgehead atoms. The molecule has 0 amide bonds. The standard InChI is InChI=1S/C29H20N4O3S/c34-24-14-12-23(13-15-24)30-19-20-11-16-28(27(17-20)33(35)36)37-29-31-25(21-7-3-1-4-8-21)18-26(32-29)22-9-5-2-6-10-22/h1-19,34H. The average molecular weight is 505 g/mol. The first-order chi connectivity index (χ1) is 18.0. The Morgan fingerprint density at radius 2 is 1.38 bits per heavy atom. The van der Waals surface area contributed by atoms with Gasteiger partial charge in [0.05, 0.1) is 26.9 Å². The van der Waals surface area contributed by atoms with E-state index in [1.165, 1.54) is 18.2 Å². The van der Waals surface area contributed by atoms with Gasteiger partial charge in [0.15, 0.2) is 5.16 Å². The van der Waals surface area contributed by atoms with Crippen LogP contribution in [0.1, 0.15) is 5.56 Å². The molecule has 1 aromatic heterocycles. The highest BCUT2D eigenvalue weighted by atomic mass is 32.2. The van der Waals surface area contributed by atoms with E-state index in [-0.39, 0.29) is 11.4 Å². The van der Waals surface area contributed by atoms with Crippen LogP contribution in [0.3, 0.4) is 0 Å². The SMILES string of the molecule is O=[N+]([O-])c1cc(C=Nc2ccc(O)cc2)ccc1Sc1nc(-c2ccccc2)cc(-c2ccccc2)n1. The van der Waals surface area contributed by atoms with Gasteiger partial charge in [0, 0.05) is 23.4 Å². The van der Waals surface area contributed by atoms with E-state index in [4.69, 9.17) is 9.97 Å². The minimum Gasteiger partial charge on any atom is -0.508 e. The number of nitro groups is 1. The summed E-state index contributed by atoms with van der Waals surface area (Å²) in [5.41, 5.74) is 4.47. The number of rotatable bonds is 7. The fourth-order valence-electron chi connectivity index (χ4n) is 3.61. The zero-order chi connectivity index (χ0) is 25.6. The molecule has 0 saturated carbocycles. The molecule has 7 nitrogen and oxygen atoms in total. The summed E-state index contributed by atoms with van der Waals surface area (Å²) in [6.07, 6.45) is 1.55. The number of hydrogen-bond donors (Lipinski definition) is 1. The fourth-order valence-corrected chi connectivity index (χ4v) is 4.47. The van der Waals surface area contributed by atoms with Crippen molar-refractivity contribution in [1.82, 2.24) is 9.97 Å². The third-order valence-corrected chi connectivity index (χ3v) is 6.37. The van der Waals surface area contributed by atoms with Crippen molar-refractivity contribution in [3.63, 3.8) is 0 Å². The van der Waals surface area contributed by atoms with Crippen molar-refractivity contribution >= 4 is 29.4 Å². The van der Waals surface area contributed by atoms with Crippen LogP contribution in [0.4, 0.5) is 11.4 Å². The number of aromatic hydroxyl groups is 1. The molecule has 0 saturated heterocycles. The van der Waals surface area contributed by atoms with E-state index in [9.17, 15) is 15.2 Å². The molecule has 4 aromatic carbocycles. The molecule has 0 unspecified atom stereocenters. The van der Waals surface area contributed by atoms with Crippen molar-refractivity contribution in [2.24, 2.45) is 4.99 Å². The van der Waals surface area contributed by atoms with Crippen LogP contribution < -0.4 is 0 Å². The largest absolute Gasteiger partial charge is 0.508 e. The molecule has 37 heavy (non-hydrogen) atoms. The van der Waals surface area contributed by atoms with Crippen LogP contribution in [0.5, 0.6) is 5.75 Å². The summed E-state index contributed by atoms with van der Waals surface area (Å²) >= 11 is 1.15. The van der Waals surface area contributed by atoms with E-state index in [2.05, 4.69) is 4.99 Å². The van der Waals surface area contributed by atoms with Crippen molar-refractivity contribution in [3.8, 4) is 28.3 Å². The van der Waals surface area contributed by atoms with E-state index < -0.39 is 4.92 Å². The average Bonchev–Trinajstić information content (AvgIpc) is 2.94.